The number of anilines is 1. The molecule has 2 aromatic carbocycles. The Kier molecular flexibility index (Phi) is 6.14. The van der Waals surface area contributed by atoms with E-state index in [4.69, 9.17) is 4.74 Å². The summed E-state index contributed by atoms with van der Waals surface area (Å²) in [5.74, 6) is 1.33. The number of aliphatic hydroxyl groups is 1. The van der Waals surface area contributed by atoms with E-state index in [1.165, 1.54) is 0 Å². The van der Waals surface area contributed by atoms with Crippen LogP contribution in [-0.2, 0) is 6.42 Å². The number of ether oxygens (including phenoxy) is 1. The van der Waals surface area contributed by atoms with Crippen LogP contribution in [0.3, 0.4) is 0 Å². The van der Waals surface area contributed by atoms with Crippen LogP contribution in [0.1, 0.15) is 11.1 Å². The molecule has 4 rings (SSSR count). The lowest BCUT2D eigenvalue weighted by molar-refractivity contribution is 0.224. The minimum Gasteiger partial charge on any atom is -0.455 e. The first-order chi connectivity index (χ1) is 15.1. The molecular weight excluding hydrogens is 392 g/mol. The number of benzene rings is 2. The van der Waals surface area contributed by atoms with Gasteiger partial charge in [-0.25, -0.2) is 4.79 Å². The fraction of sp³-hybridized carbons (Fsp3) is 0.167. The molecular formula is C24H24N4O3. The Morgan fingerprint density at radius 2 is 2.06 bits per heavy atom. The minimum absolute atomic E-state index is 0.163. The van der Waals surface area contributed by atoms with Gasteiger partial charge in [0.1, 0.15) is 11.5 Å². The summed E-state index contributed by atoms with van der Waals surface area (Å²) in [6.07, 6.45) is 5.76. The van der Waals surface area contributed by atoms with Crippen LogP contribution in [0, 0.1) is 6.92 Å². The number of carbonyl (C=O) groups excluding carboxylic acids is 1. The van der Waals surface area contributed by atoms with Gasteiger partial charge in [0.15, 0.2) is 0 Å². The van der Waals surface area contributed by atoms with Crippen LogP contribution < -0.4 is 15.4 Å². The van der Waals surface area contributed by atoms with Gasteiger partial charge >= 0.3 is 6.03 Å². The van der Waals surface area contributed by atoms with Crippen LogP contribution in [0.15, 0.2) is 73.2 Å². The number of nitrogens with one attached hydrogen (secondary N) is 3. The highest BCUT2D eigenvalue weighted by molar-refractivity contribution is 5.90. The number of hydrogen-bond acceptors (Lipinski definition) is 4. The Bertz CT molecular complexity index is 1170. The fourth-order valence-electron chi connectivity index (χ4n) is 3.46. The number of para-hydroxylation sites is 1. The molecule has 31 heavy (non-hydrogen) atoms. The molecule has 4 aromatic rings. The van der Waals surface area contributed by atoms with E-state index in [1.54, 1.807) is 30.6 Å². The summed E-state index contributed by atoms with van der Waals surface area (Å²) in [6.45, 7) is 1.74. The average Bonchev–Trinajstić information content (AvgIpc) is 3.19. The van der Waals surface area contributed by atoms with Gasteiger partial charge in [0.2, 0.25) is 0 Å². The Hall–Kier alpha value is -3.84. The zero-order valence-corrected chi connectivity index (χ0v) is 17.1. The quantitative estimate of drug-likeness (QED) is 0.359. The Morgan fingerprint density at radius 3 is 2.84 bits per heavy atom. The van der Waals surface area contributed by atoms with Gasteiger partial charge in [0.25, 0.3) is 0 Å². The van der Waals surface area contributed by atoms with Crippen molar-refractivity contribution in [1.29, 1.82) is 0 Å². The molecule has 0 aliphatic heterocycles. The molecule has 2 heterocycles. The highest BCUT2D eigenvalue weighted by atomic mass is 16.5. The highest BCUT2D eigenvalue weighted by Gasteiger charge is 2.15. The first-order valence-corrected chi connectivity index (χ1v) is 10.0. The van der Waals surface area contributed by atoms with Crippen molar-refractivity contribution < 1.29 is 14.6 Å². The van der Waals surface area contributed by atoms with Crippen LogP contribution in [0.2, 0.25) is 0 Å². The maximum Gasteiger partial charge on any atom is 0.319 e. The maximum absolute atomic E-state index is 12.5. The lowest BCUT2D eigenvalue weighted by Crippen LogP contribution is -2.41. The number of nitrogens with zero attached hydrogens (tertiary/aromatic N) is 1. The summed E-state index contributed by atoms with van der Waals surface area (Å²) in [6, 6.07) is 16.2. The number of urea groups is 1. The SMILES string of the molecule is Cc1cc(NC(=O)NC(CO)Cc2c[nH]c3ccccc23)ccc1Oc1cccnc1. The van der Waals surface area contributed by atoms with Crippen LogP contribution >= 0.6 is 0 Å². The van der Waals surface area contributed by atoms with Crippen molar-refractivity contribution in [2.24, 2.45) is 0 Å². The maximum atomic E-state index is 12.5. The molecule has 0 saturated carbocycles. The second-order valence-electron chi connectivity index (χ2n) is 7.31. The van der Waals surface area contributed by atoms with Gasteiger partial charge in [-0.05, 0) is 60.9 Å². The van der Waals surface area contributed by atoms with Gasteiger partial charge in [-0.2, -0.15) is 0 Å². The molecule has 0 spiro atoms. The molecule has 7 nitrogen and oxygen atoms in total. The van der Waals surface area contributed by atoms with Crippen molar-refractivity contribution in [2.45, 2.75) is 19.4 Å². The van der Waals surface area contributed by atoms with E-state index in [2.05, 4.69) is 20.6 Å². The van der Waals surface area contributed by atoms with Gasteiger partial charge in [-0.1, -0.05) is 18.2 Å². The molecule has 0 bridgehead atoms. The molecule has 158 valence electrons. The molecule has 1 atom stereocenters. The third-order valence-electron chi connectivity index (χ3n) is 4.99. The number of rotatable bonds is 7. The molecule has 1 unspecified atom stereocenters. The van der Waals surface area contributed by atoms with Crippen LogP contribution in [0.25, 0.3) is 10.9 Å². The van der Waals surface area contributed by atoms with Gasteiger partial charge < -0.3 is 25.5 Å². The summed E-state index contributed by atoms with van der Waals surface area (Å²) in [5.41, 5.74) is 3.59. The fourth-order valence-corrected chi connectivity index (χ4v) is 3.46. The number of hydrogen-bond donors (Lipinski definition) is 4. The van der Waals surface area contributed by atoms with E-state index in [1.807, 2.05) is 49.5 Å². The lowest BCUT2D eigenvalue weighted by atomic mass is 10.1. The second-order valence-corrected chi connectivity index (χ2v) is 7.31. The number of pyridine rings is 1. The molecule has 2 aromatic heterocycles. The molecule has 0 saturated heterocycles. The van der Waals surface area contributed by atoms with E-state index in [9.17, 15) is 9.90 Å². The summed E-state index contributed by atoms with van der Waals surface area (Å²) < 4.78 is 5.82. The van der Waals surface area contributed by atoms with Crippen LogP contribution in [0.4, 0.5) is 10.5 Å². The summed E-state index contributed by atoms with van der Waals surface area (Å²) in [7, 11) is 0. The number of aryl methyl sites for hydroxylation is 1. The summed E-state index contributed by atoms with van der Waals surface area (Å²) in [5, 5.41) is 16.5. The molecule has 0 aliphatic carbocycles. The number of carbonyl (C=O) groups is 1. The molecule has 7 heteroatoms. The molecule has 2 amide bonds. The van der Waals surface area contributed by atoms with Crippen molar-refractivity contribution in [3.8, 4) is 11.5 Å². The summed E-state index contributed by atoms with van der Waals surface area (Å²) in [4.78, 5) is 19.7. The van der Waals surface area contributed by atoms with Crippen LogP contribution in [-0.4, -0.2) is 33.8 Å². The van der Waals surface area contributed by atoms with Gasteiger partial charge in [0.05, 0.1) is 18.8 Å². The van der Waals surface area contributed by atoms with E-state index in [0.29, 0.717) is 23.6 Å². The topological polar surface area (TPSA) is 99.3 Å². The van der Waals surface area contributed by atoms with Crippen molar-refractivity contribution in [3.05, 3.63) is 84.3 Å². The Labute approximate surface area is 180 Å². The third kappa shape index (κ3) is 5.02. The minimum atomic E-state index is -0.409. The number of aliphatic hydroxyl groups excluding tert-OH is 1. The number of aromatic nitrogens is 2. The smallest absolute Gasteiger partial charge is 0.319 e. The lowest BCUT2D eigenvalue weighted by Gasteiger charge is -2.17. The van der Waals surface area contributed by atoms with Crippen molar-refractivity contribution in [1.82, 2.24) is 15.3 Å². The van der Waals surface area contributed by atoms with E-state index < -0.39 is 6.04 Å². The number of amides is 2. The Balaban J connectivity index is 1.37. The van der Waals surface area contributed by atoms with Gasteiger partial charge in [0, 0.05) is 29.0 Å². The standard InChI is InChI=1S/C24H24N4O3/c1-16-11-18(8-9-23(16)31-20-5-4-10-25-14-20)27-24(30)28-19(15-29)12-17-13-26-22-7-3-2-6-21(17)22/h2-11,13-14,19,26,29H,12,15H2,1H3,(H2,27,28,30). The van der Waals surface area contributed by atoms with Crippen molar-refractivity contribution >= 4 is 22.6 Å². The average molecular weight is 416 g/mol. The molecule has 0 radical (unpaired) electrons. The monoisotopic (exact) mass is 416 g/mol. The largest absolute Gasteiger partial charge is 0.455 e. The number of fused-ring (bicyclic) bond motifs is 1. The normalized spacial score (nSPS) is 11.8. The molecule has 0 fully saturated rings. The number of aromatic amines is 1. The Morgan fingerprint density at radius 1 is 1.19 bits per heavy atom. The van der Waals surface area contributed by atoms with E-state index >= 15 is 0 Å². The van der Waals surface area contributed by atoms with Crippen LogP contribution in [0.5, 0.6) is 11.5 Å². The molecule has 4 N–H and O–H groups in total. The highest BCUT2D eigenvalue weighted by Crippen LogP contribution is 2.27. The van der Waals surface area contributed by atoms with Gasteiger partial charge in [-0.3, -0.25) is 4.98 Å². The van der Waals surface area contributed by atoms with Crippen molar-refractivity contribution in [3.63, 3.8) is 0 Å². The zero-order chi connectivity index (χ0) is 21.6. The number of H-pyrrole nitrogens is 1. The predicted molar refractivity (Wildman–Crippen MR) is 121 cm³/mol. The van der Waals surface area contributed by atoms with Crippen molar-refractivity contribution in [2.75, 3.05) is 11.9 Å². The van der Waals surface area contributed by atoms with Gasteiger partial charge in [-0.15, -0.1) is 0 Å². The zero-order valence-electron chi connectivity index (χ0n) is 17.1. The van der Waals surface area contributed by atoms with E-state index in [-0.39, 0.29) is 12.6 Å². The third-order valence-corrected chi connectivity index (χ3v) is 4.99. The first kappa shape index (κ1) is 20.4. The summed E-state index contributed by atoms with van der Waals surface area (Å²) >= 11 is 0. The first-order valence-electron chi connectivity index (χ1n) is 10.0. The predicted octanol–water partition coefficient (Wildman–Crippen LogP) is 4.39. The van der Waals surface area contributed by atoms with E-state index in [0.717, 1.165) is 22.0 Å². The second kappa shape index (κ2) is 9.32. The molecule has 0 aliphatic rings.